The van der Waals surface area contributed by atoms with Gasteiger partial charge in [-0.1, -0.05) is 0 Å². The average molecular weight is 555 g/mol. The van der Waals surface area contributed by atoms with E-state index in [1.54, 1.807) is 18.2 Å². The number of hydrogen-bond acceptors (Lipinski definition) is 6. The van der Waals surface area contributed by atoms with Crippen LogP contribution in [0.3, 0.4) is 0 Å². The van der Waals surface area contributed by atoms with Crippen molar-refractivity contribution in [2.75, 3.05) is 37.4 Å². The molecule has 0 atom stereocenters. The van der Waals surface area contributed by atoms with Gasteiger partial charge in [0.1, 0.15) is 6.54 Å². The van der Waals surface area contributed by atoms with Gasteiger partial charge in [0.2, 0.25) is 15.9 Å². The van der Waals surface area contributed by atoms with Gasteiger partial charge in [0.15, 0.2) is 17.5 Å². The molecule has 0 fully saturated rings. The normalized spacial score (nSPS) is 14.2. The van der Waals surface area contributed by atoms with Gasteiger partial charge in [-0.15, -0.1) is 24.0 Å². The van der Waals surface area contributed by atoms with E-state index < -0.39 is 10.0 Å². The maximum Gasteiger partial charge on any atom is 0.242 e. The molecule has 0 saturated carbocycles. The van der Waals surface area contributed by atoms with Crippen LogP contribution < -0.4 is 30.6 Å². The number of carbonyl (C=O) groups is 1. The molecule has 1 amide bonds. The number of anilines is 1. The molecule has 1 aromatic carbocycles. The molecule has 0 radical (unpaired) electrons. The standard InChI is InChI=1S/C18H29N5O5S.HI/c1-18(2,3)23-16(24)12-21-17(20-7-10-29(19,25)26)22-13-5-6-14-15(11-13)28-9-4-8-27-14;/h5-6,11H,4,7-10,12H2,1-3H3,(H,23,24)(H2,19,25,26)(H2,20,21,22);1H. The first-order valence-electron chi connectivity index (χ1n) is 9.28. The first kappa shape index (κ1) is 26.2. The molecular formula is C18H30IN5O5S. The summed E-state index contributed by atoms with van der Waals surface area (Å²) in [5.41, 5.74) is 0.266. The van der Waals surface area contributed by atoms with Gasteiger partial charge >= 0.3 is 0 Å². The van der Waals surface area contributed by atoms with Crippen molar-refractivity contribution in [3.05, 3.63) is 18.2 Å². The van der Waals surface area contributed by atoms with E-state index in [-0.39, 0.29) is 60.2 Å². The summed E-state index contributed by atoms with van der Waals surface area (Å²) in [5.74, 6) is 0.958. The van der Waals surface area contributed by atoms with Crippen LogP contribution in [0.2, 0.25) is 0 Å². The molecule has 1 aliphatic rings. The molecular weight excluding hydrogens is 525 g/mol. The van der Waals surface area contributed by atoms with E-state index in [4.69, 9.17) is 14.6 Å². The number of guanidine groups is 1. The predicted octanol–water partition coefficient (Wildman–Crippen LogP) is 1.03. The molecule has 0 unspecified atom stereocenters. The van der Waals surface area contributed by atoms with E-state index in [0.29, 0.717) is 30.4 Å². The second kappa shape index (κ2) is 11.6. The fraction of sp³-hybridized carbons (Fsp3) is 0.556. The lowest BCUT2D eigenvalue weighted by Gasteiger charge is -2.20. The van der Waals surface area contributed by atoms with Crippen LogP contribution in [0.4, 0.5) is 5.69 Å². The average Bonchev–Trinajstić information content (AvgIpc) is 2.82. The molecule has 0 aromatic heterocycles. The smallest absolute Gasteiger partial charge is 0.242 e. The van der Waals surface area contributed by atoms with Crippen LogP contribution in [0, 0.1) is 0 Å². The predicted molar refractivity (Wildman–Crippen MR) is 127 cm³/mol. The summed E-state index contributed by atoms with van der Waals surface area (Å²) in [5, 5.41) is 13.8. The number of primary sulfonamides is 1. The van der Waals surface area contributed by atoms with E-state index >= 15 is 0 Å². The minimum atomic E-state index is -3.63. The number of halogens is 1. The van der Waals surface area contributed by atoms with E-state index in [2.05, 4.69) is 20.9 Å². The van der Waals surface area contributed by atoms with Crippen LogP contribution in [-0.4, -0.2) is 57.9 Å². The van der Waals surface area contributed by atoms with Gasteiger partial charge in [0, 0.05) is 30.3 Å². The van der Waals surface area contributed by atoms with Gasteiger partial charge < -0.3 is 25.4 Å². The Morgan fingerprint density at radius 2 is 1.87 bits per heavy atom. The first-order chi connectivity index (χ1) is 13.5. The van der Waals surface area contributed by atoms with Crippen molar-refractivity contribution >= 4 is 51.6 Å². The lowest BCUT2D eigenvalue weighted by atomic mass is 10.1. The lowest BCUT2D eigenvalue weighted by Crippen LogP contribution is -2.42. The Balaban J connectivity index is 0.00000450. The highest BCUT2D eigenvalue weighted by Crippen LogP contribution is 2.32. The van der Waals surface area contributed by atoms with E-state index in [1.807, 2.05) is 20.8 Å². The van der Waals surface area contributed by atoms with E-state index in [1.165, 1.54) is 0 Å². The minimum absolute atomic E-state index is 0. The zero-order valence-corrected chi connectivity index (χ0v) is 20.5. The number of nitrogens with one attached hydrogen (secondary N) is 3. The number of nitrogens with zero attached hydrogens (tertiary/aromatic N) is 1. The van der Waals surface area contributed by atoms with Crippen LogP contribution in [0.25, 0.3) is 0 Å². The van der Waals surface area contributed by atoms with Crippen molar-refractivity contribution in [3.63, 3.8) is 0 Å². The largest absolute Gasteiger partial charge is 0.490 e. The second-order valence-corrected chi connectivity index (χ2v) is 9.33. The fourth-order valence-corrected chi connectivity index (χ4v) is 2.82. The summed E-state index contributed by atoms with van der Waals surface area (Å²) in [6.07, 6.45) is 0.794. The first-order valence-corrected chi connectivity index (χ1v) is 11.0. The number of fused-ring (bicyclic) bond motifs is 1. The Kier molecular flexibility index (Phi) is 10.1. The summed E-state index contributed by atoms with van der Waals surface area (Å²) in [6.45, 7) is 6.66. The van der Waals surface area contributed by atoms with Crippen molar-refractivity contribution in [3.8, 4) is 11.5 Å². The highest BCUT2D eigenvalue weighted by Gasteiger charge is 2.15. The maximum absolute atomic E-state index is 12.1. The van der Waals surface area contributed by atoms with Gasteiger partial charge in [0.05, 0.1) is 19.0 Å². The van der Waals surface area contributed by atoms with Gasteiger partial charge in [-0.25, -0.2) is 18.5 Å². The number of carbonyl (C=O) groups excluding carboxylic acids is 1. The summed E-state index contributed by atoms with van der Waals surface area (Å²) >= 11 is 0. The highest BCUT2D eigenvalue weighted by molar-refractivity contribution is 14.0. The molecule has 2 rings (SSSR count). The highest BCUT2D eigenvalue weighted by atomic mass is 127. The summed E-state index contributed by atoms with van der Waals surface area (Å²) < 4.78 is 33.6. The lowest BCUT2D eigenvalue weighted by molar-refractivity contribution is -0.121. The molecule has 0 spiro atoms. The fourth-order valence-electron chi connectivity index (χ4n) is 2.44. The molecule has 12 heteroatoms. The van der Waals surface area contributed by atoms with Crippen molar-refractivity contribution in [1.82, 2.24) is 10.6 Å². The third kappa shape index (κ3) is 10.3. The van der Waals surface area contributed by atoms with Crippen LogP contribution in [-0.2, 0) is 14.8 Å². The zero-order chi connectivity index (χ0) is 21.5. The number of ether oxygens (including phenoxy) is 2. The van der Waals surface area contributed by atoms with Crippen molar-refractivity contribution < 1.29 is 22.7 Å². The van der Waals surface area contributed by atoms with Crippen LogP contribution >= 0.6 is 24.0 Å². The molecule has 5 N–H and O–H groups in total. The van der Waals surface area contributed by atoms with Crippen LogP contribution in [0.5, 0.6) is 11.5 Å². The third-order valence-corrected chi connectivity index (χ3v) is 4.36. The van der Waals surface area contributed by atoms with Crippen LogP contribution in [0.15, 0.2) is 23.2 Å². The Morgan fingerprint density at radius 3 is 2.50 bits per heavy atom. The van der Waals surface area contributed by atoms with Crippen molar-refractivity contribution in [2.45, 2.75) is 32.7 Å². The topological polar surface area (TPSA) is 144 Å². The monoisotopic (exact) mass is 555 g/mol. The molecule has 0 aliphatic carbocycles. The zero-order valence-electron chi connectivity index (χ0n) is 17.4. The molecule has 0 saturated heterocycles. The number of rotatable bonds is 6. The molecule has 30 heavy (non-hydrogen) atoms. The number of sulfonamides is 1. The molecule has 170 valence electrons. The Morgan fingerprint density at radius 1 is 1.20 bits per heavy atom. The number of aliphatic imine (C=N–C) groups is 1. The van der Waals surface area contributed by atoms with Gasteiger partial charge in [-0.2, -0.15) is 0 Å². The number of amides is 1. The third-order valence-electron chi connectivity index (χ3n) is 3.58. The van der Waals surface area contributed by atoms with Crippen molar-refractivity contribution in [2.24, 2.45) is 10.1 Å². The Hall–Kier alpha value is -1.80. The second-order valence-electron chi connectivity index (χ2n) is 7.59. The SMILES string of the molecule is CC(C)(C)NC(=O)CN=C(NCCS(N)(=O)=O)Nc1ccc2c(c1)OCCCO2.I. The molecule has 1 aliphatic heterocycles. The van der Waals surface area contributed by atoms with Gasteiger partial charge in [-0.05, 0) is 32.9 Å². The molecule has 10 nitrogen and oxygen atoms in total. The number of benzene rings is 1. The van der Waals surface area contributed by atoms with Crippen LogP contribution in [0.1, 0.15) is 27.2 Å². The van der Waals surface area contributed by atoms with Crippen molar-refractivity contribution in [1.29, 1.82) is 0 Å². The maximum atomic E-state index is 12.1. The Bertz CT molecular complexity index is 855. The molecule has 0 bridgehead atoms. The molecule has 1 heterocycles. The minimum Gasteiger partial charge on any atom is -0.490 e. The van der Waals surface area contributed by atoms with E-state index in [9.17, 15) is 13.2 Å². The van der Waals surface area contributed by atoms with E-state index in [0.717, 1.165) is 6.42 Å². The summed E-state index contributed by atoms with van der Waals surface area (Å²) in [7, 11) is -3.63. The Labute approximate surface area is 194 Å². The summed E-state index contributed by atoms with van der Waals surface area (Å²) in [6, 6.07) is 5.31. The summed E-state index contributed by atoms with van der Waals surface area (Å²) in [4.78, 5) is 16.3. The molecule has 1 aromatic rings. The number of nitrogens with two attached hydrogens (primary N) is 1. The van der Waals surface area contributed by atoms with Gasteiger partial charge in [0.25, 0.3) is 0 Å². The quantitative estimate of drug-likeness (QED) is 0.233. The van der Waals surface area contributed by atoms with Gasteiger partial charge in [-0.3, -0.25) is 4.79 Å². The number of hydrogen-bond donors (Lipinski definition) is 4.